The molecular formula is C14H18O3. The first-order chi connectivity index (χ1) is 7.91. The molecule has 1 saturated carbocycles. The molecule has 0 radical (unpaired) electrons. The van der Waals surface area contributed by atoms with Crippen LogP contribution >= 0.6 is 0 Å². The van der Waals surface area contributed by atoms with Crippen LogP contribution in [0.25, 0.3) is 0 Å². The molecule has 2 bridgehead atoms. The highest BCUT2D eigenvalue weighted by Crippen LogP contribution is 2.58. The van der Waals surface area contributed by atoms with Gasteiger partial charge in [-0.3, -0.25) is 0 Å². The van der Waals surface area contributed by atoms with Gasteiger partial charge in [0, 0.05) is 12.2 Å². The summed E-state index contributed by atoms with van der Waals surface area (Å²) in [5.74, 6) is 0.766. The minimum Gasteiger partial charge on any atom is -0.387 e. The number of allylic oxidation sites excluding steroid dienone is 2. The third kappa shape index (κ3) is 2.19. The van der Waals surface area contributed by atoms with Gasteiger partial charge in [-0.1, -0.05) is 25.5 Å². The first kappa shape index (κ1) is 12.1. The summed E-state index contributed by atoms with van der Waals surface area (Å²) in [5.41, 5.74) is 2.28. The lowest BCUT2D eigenvalue weighted by Gasteiger charge is -2.56. The molecule has 1 aliphatic heterocycles. The summed E-state index contributed by atoms with van der Waals surface area (Å²) < 4.78 is 3.97. The topological polar surface area (TPSA) is 43.4 Å². The number of rotatable bonds is 0. The number of cyclic esters (lactones) is 2. The molecule has 3 nitrogen and oxygen atoms in total. The van der Waals surface area contributed by atoms with E-state index in [2.05, 4.69) is 31.6 Å². The van der Waals surface area contributed by atoms with Crippen LogP contribution in [0, 0.1) is 17.3 Å². The van der Waals surface area contributed by atoms with Crippen LogP contribution in [-0.4, -0.2) is 11.9 Å². The number of carbonyl (C=O) groups excluding carboxylic acids is 2. The summed E-state index contributed by atoms with van der Waals surface area (Å²) >= 11 is 0. The van der Waals surface area contributed by atoms with Gasteiger partial charge in [-0.05, 0) is 37.0 Å². The van der Waals surface area contributed by atoms with E-state index in [9.17, 15) is 9.59 Å². The molecule has 0 spiro atoms. The van der Waals surface area contributed by atoms with Crippen LogP contribution in [0.4, 0.5) is 0 Å². The van der Waals surface area contributed by atoms with Crippen molar-refractivity contribution in [3.8, 4) is 0 Å². The molecule has 2 atom stereocenters. The van der Waals surface area contributed by atoms with E-state index in [1.165, 1.54) is 12.8 Å². The Labute approximate surface area is 102 Å². The van der Waals surface area contributed by atoms with Crippen molar-refractivity contribution < 1.29 is 14.3 Å². The maximum Gasteiger partial charge on any atom is 0.338 e. The Morgan fingerprint density at radius 1 is 1.24 bits per heavy atom. The Hall–Kier alpha value is -1.38. The van der Waals surface area contributed by atoms with E-state index in [1.54, 1.807) is 5.57 Å². The summed E-state index contributed by atoms with van der Waals surface area (Å²) in [5, 5.41) is 0. The van der Waals surface area contributed by atoms with E-state index in [0.29, 0.717) is 5.41 Å². The van der Waals surface area contributed by atoms with E-state index in [0.717, 1.165) is 24.0 Å². The highest BCUT2D eigenvalue weighted by atomic mass is 16.6. The van der Waals surface area contributed by atoms with E-state index in [4.69, 9.17) is 0 Å². The Balaban J connectivity index is 0.000000136. The molecule has 92 valence electrons. The van der Waals surface area contributed by atoms with Crippen molar-refractivity contribution in [2.75, 3.05) is 0 Å². The fraction of sp³-hybridized carbons (Fsp3) is 0.571. The predicted molar refractivity (Wildman–Crippen MR) is 64.0 cm³/mol. The molecule has 0 aromatic heterocycles. The largest absolute Gasteiger partial charge is 0.387 e. The van der Waals surface area contributed by atoms with Gasteiger partial charge in [0.1, 0.15) is 0 Å². The van der Waals surface area contributed by atoms with Gasteiger partial charge in [-0.2, -0.15) is 0 Å². The Kier molecular flexibility index (Phi) is 2.94. The quantitative estimate of drug-likeness (QED) is 0.367. The van der Waals surface area contributed by atoms with Crippen molar-refractivity contribution in [1.29, 1.82) is 0 Å². The fourth-order valence-corrected chi connectivity index (χ4v) is 2.96. The van der Waals surface area contributed by atoms with Crippen molar-refractivity contribution in [2.45, 2.75) is 33.6 Å². The van der Waals surface area contributed by atoms with Crippen LogP contribution in [-0.2, 0) is 14.3 Å². The Morgan fingerprint density at radius 3 is 2.06 bits per heavy atom. The lowest BCUT2D eigenvalue weighted by atomic mass is 9.49. The second kappa shape index (κ2) is 4.13. The highest BCUT2D eigenvalue weighted by Gasteiger charge is 2.49. The van der Waals surface area contributed by atoms with Crippen molar-refractivity contribution in [3.05, 3.63) is 23.8 Å². The monoisotopic (exact) mass is 234 g/mol. The van der Waals surface area contributed by atoms with E-state index in [1.807, 2.05) is 0 Å². The molecule has 3 aliphatic carbocycles. The number of fused-ring (bicyclic) bond motifs is 1. The molecule has 0 aromatic rings. The maximum atomic E-state index is 9.92. The van der Waals surface area contributed by atoms with Crippen LogP contribution in [0.2, 0.25) is 0 Å². The molecule has 0 saturated heterocycles. The minimum absolute atomic E-state index is 0.579. The molecule has 0 amide bonds. The number of hydrogen-bond acceptors (Lipinski definition) is 3. The lowest BCUT2D eigenvalue weighted by Crippen LogP contribution is -2.47. The third-order valence-electron chi connectivity index (χ3n) is 4.30. The van der Waals surface area contributed by atoms with Crippen molar-refractivity contribution in [2.24, 2.45) is 17.3 Å². The van der Waals surface area contributed by atoms with Gasteiger partial charge in [0.2, 0.25) is 0 Å². The molecule has 1 heterocycles. The second-order valence-corrected chi connectivity index (χ2v) is 5.56. The van der Waals surface area contributed by atoms with E-state index < -0.39 is 11.9 Å². The van der Waals surface area contributed by atoms with Crippen LogP contribution in [0.5, 0.6) is 0 Å². The zero-order chi connectivity index (χ0) is 12.6. The van der Waals surface area contributed by atoms with Gasteiger partial charge in [0.05, 0.1) is 0 Å². The molecule has 4 rings (SSSR count). The van der Waals surface area contributed by atoms with Gasteiger partial charge < -0.3 is 4.74 Å². The fourth-order valence-electron chi connectivity index (χ4n) is 2.96. The number of hydrogen-bond donors (Lipinski definition) is 0. The second-order valence-electron chi connectivity index (χ2n) is 5.56. The molecule has 3 heteroatoms. The average Bonchev–Trinajstić information content (AvgIpc) is 2.63. The van der Waals surface area contributed by atoms with Crippen molar-refractivity contribution in [1.82, 2.24) is 0 Å². The lowest BCUT2D eigenvalue weighted by molar-refractivity contribution is -0.150. The van der Waals surface area contributed by atoms with Gasteiger partial charge in [-0.25, -0.2) is 9.59 Å². The molecule has 2 unspecified atom stereocenters. The SMILES string of the molecule is CC1=CCC2CC1C2(C)C.O=C1C=CC(=O)O1. The standard InChI is InChI=1S/C10H16.C4H2O3/c1-7-4-5-8-6-9(7)10(8,2)3;5-3-1-2-4(6)7-3/h4,8-9H,5-6H2,1-3H3;1-2H. The van der Waals surface area contributed by atoms with Gasteiger partial charge in [0.15, 0.2) is 0 Å². The molecule has 0 N–H and O–H groups in total. The Bertz CT molecular complexity index is 399. The van der Waals surface area contributed by atoms with Crippen molar-refractivity contribution in [3.63, 3.8) is 0 Å². The third-order valence-corrected chi connectivity index (χ3v) is 4.30. The van der Waals surface area contributed by atoms with Crippen LogP contribution in [0.15, 0.2) is 23.8 Å². The number of ether oxygens (including phenoxy) is 1. The molecule has 0 aromatic carbocycles. The summed E-state index contributed by atoms with van der Waals surface area (Å²) in [6.07, 6.45) is 7.42. The normalized spacial score (nSPS) is 32.1. The number of esters is 2. The first-order valence-corrected chi connectivity index (χ1v) is 6.01. The summed E-state index contributed by atoms with van der Waals surface area (Å²) in [7, 11) is 0. The minimum atomic E-state index is -0.579. The van der Waals surface area contributed by atoms with Gasteiger partial charge >= 0.3 is 11.9 Å². The maximum absolute atomic E-state index is 9.92. The first-order valence-electron chi connectivity index (χ1n) is 6.01. The average molecular weight is 234 g/mol. The van der Waals surface area contributed by atoms with Crippen LogP contribution in [0.1, 0.15) is 33.6 Å². The van der Waals surface area contributed by atoms with E-state index in [-0.39, 0.29) is 0 Å². The molecule has 4 aliphatic rings. The molecule has 17 heavy (non-hydrogen) atoms. The smallest absolute Gasteiger partial charge is 0.338 e. The molecule has 1 fully saturated rings. The number of carbonyl (C=O) groups is 2. The summed E-state index contributed by atoms with van der Waals surface area (Å²) in [4.78, 5) is 19.8. The van der Waals surface area contributed by atoms with Crippen molar-refractivity contribution >= 4 is 11.9 Å². The predicted octanol–water partition coefficient (Wildman–Crippen LogP) is 2.62. The Morgan fingerprint density at radius 2 is 1.82 bits per heavy atom. The van der Waals surface area contributed by atoms with Crippen LogP contribution in [0.3, 0.4) is 0 Å². The van der Waals surface area contributed by atoms with Gasteiger partial charge in [-0.15, -0.1) is 0 Å². The van der Waals surface area contributed by atoms with Gasteiger partial charge in [0.25, 0.3) is 0 Å². The summed E-state index contributed by atoms with van der Waals surface area (Å²) in [6, 6.07) is 0. The zero-order valence-corrected chi connectivity index (χ0v) is 10.5. The van der Waals surface area contributed by atoms with E-state index >= 15 is 0 Å². The molecular weight excluding hydrogens is 216 g/mol. The highest BCUT2D eigenvalue weighted by molar-refractivity contribution is 6.04. The summed E-state index contributed by atoms with van der Waals surface area (Å²) in [6.45, 7) is 7.13. The van der Waals surface area contributed by atoms with Crippen LogP contribution < -0.4 is 0 Å². The zero-order valence-electron chi connectivity index (χ0n) is 10.5.